The quantitative estimate of drug-likeness (QED) is 0.327. The third-order valence-electron chi connectivity index (χ3n) is 6.93. The van der Waals surface area contributed by atoms with Crippen LogP contribution in [0.3, 0.4) is 0 Å². The second kappa shape index (κ2) is 7.94. The summed E-state index contributed by atoms with van der Waals surface area (Å²) in [7, 11) is 1.76. The number of rotatable bonds is 3. The number of ether oxygens (including phenoxy) is 2. The Hall–Kier alpha value is -4.11. The first kappa shape index (κ1) is 23.3. The standard InChI is InChI=1S/C27H20F2N4O3.ClH/c1-32-26(30)18-10-16(4-6-20(18)31-32)19-13-33-9-8-15(14-2-3-14)11-21(33)24(25(19)34)17-5-7-22-23(12-17)36-27(28,29)35-22;/h4-14H,2-3,30H2,1H3;1H. The fraction of sp³-hybridized carbons (Fsp3) is 0.185. The fourth-order valence-electron chi connectivity index (χ4n) is 4.94. The molecule has 0 unspecified atom stereocenters. The Bertz CT molecular complexity index is 1790. The van der Waals surface area contributed by atoms with E-state index < -0.39 is 6.29 Å². The van der Waals surface area contributed by atoms with Crippen molar-refractivity contribution >= 4 is 34.6 Å². The molecule has 1 fully saturated rings. The lowest BCUT2D eigenvalue weighted by atomic mass is 9.97. The molecule has 0 atom stereocenters. The molecule has 7 rings (SSSR count). The summed E-state index contributed by atoms with van der Waals surface area (Å²) in [5, 5.41) is 5.13. The number of alkyl halides is 2. The Balaban J connectivity index is 0.00000252. The molecule has 37 heavy (non-hydrogen) atoms. The van der Waals surface area contributed by atoms with E-state index in [0.29, 0.717) is 39.5 Å². The maximum absolute atomic E-state index is 14.0. The van der Waals surface area contributed by atoms with Gasteiger partial charge in [-0.05, 0) is 71.8 Å². The van der Waals surface area contributed by atoms with Gasteiger partial charge in [0.15, 0.2) is 16.9 Å². The SMILES string of the molecule is Cl.Cn1nc2ccc(-c3cn4ccc(C5CC5)cc4c(-c4ccc5c(c4)OC(F)(F)O5)c3=O)cc2c1N. The summed E-state index contributed by atoms with van der Waals surface area (Å²) in [4.78, 5) is 14.0. The van der Waals surface area contributed by atoms with E-state index in [1.54, 1.807) is 24.0 Å². The number of pyridine rings is 2. The van der Waals surface area contributed by atoms with Crippen molar-refractivity contribution in [2.75, 3.05) is 5.73 Å². The number of aryl methyl sites for hydroxylation is 1. The van der Waals surface area contributed by atoms with Gasteiger partial charge in [-0.3, -0.25) is 9.48 Å². The van der Waals surface area contributed by atoms with Crippen LogP contribution in [0.1, 0.15) is 24.3 Å². The number of hydrogen-bond donors (Lipinski definition) is 1. The molecule has 7 nitrogen and oxygen atoms in total. The minimum atomic E-state index is -3.74. The lowest BCUT2D eigenvalue weighted by Gasteiger charge is -2.14. The monoisotopic (exact) mass is 522 g/mol. The molecular formula is C27H21ClF2N4O3. The number of nitrogen functional groups attached to an aromatic ring is 1. The number of hydrogen-bond acceptors (Lipinski definition) is 5. The van der Waals surface area contributed by atoms with Crippen molar-refractivity contribution in [3.05, 3.63) is 76.7 Å². The Morgan fingerprint density at radius 3 is 2.57 bits per heavy atom. The molecular weight excluding hydrogens is 502 g/mol. The summed E-state index contributed by atoms with van der Waals surface area (Å²) < 4.78 is 40.1. The first-order valence-electron chi connectivity index (χ1n) is 11.6. The van der Waals surface area contributed by atoms with Crippen molar-refractivity contribution in [2.24, 2.45) is 7.05 Å². The summed E-state index contributed by atoms with van der Waals surface area (Å²) >= 11 is 0. The van der Waals surface area contributed by atoms with E-state index in [9.17, 15) is 13.6 Å². The van der Waals surface area contributed by atoms with Crippen molar-refractivity contribution in [1.82, 2.24) is 14.2 Å². The van der Waals surface area contributed by atoms with Crippen molar-refractivity contribution < 1.29 is 18.3 Å². The van der Waals surface area contributed by atoms with Gasteiger partial charge in [0.25, 0.3) is 0 Å². The summed E-state index contributed by atoms with van der Waals surface area (Å²) in [5.74, 6) is 0.798. The number of halogens is 3. The smallest absolute Gasteiger partial charge is 0.395 e. The summed E-state index contributed by atoms with van der Waals surface area (Å²) in [6, 6.07) is 14.0. The average molecular weight is 523 g/mol. The molecule has 0 bridgehead atoms. The van der Waals surface area contributed by atoms with Crippen molar-refractivity contribution in [3.8, 4) is 33.8 Å². The molecule has 2 N–H and O–H groups in total. The molecule has 0 radical (unpaired) electrons. The molecule has 10 heteroatoms. The summed E-state index contributed by atoms with van der Waals surface area (Å²) in [6.07, 6.45) is 2.22. The third kappa shape index (κ3) is 3.69. The molecule has 3 aromatic heterocycles. The topological polar surface area (TPSA) is 83.8 Å². The van der Waals surface area contributed by atoms with Crippen molar-refractivity contribution in [3.63, 3.8) is 0 Å². The van der Waals surface area contributed by atoms with E-state index >= 15 is 0 Å². The van der Waals surface area contributed by atoms with E-state index in [4.69, 9.17) is 5.73 Å². The van der Waals surface area contributed by atoms with Crippen LogP contribution in [-0.4, -0.2) is 20.5 Å². The molecule has 2 aromatic carbocycles. The Labute approximate surface area is 215 Å². The average Bonchev–Trinajstić information content (AvgIpc) is 3.59. The van der Waals surface area contributed by atoms with Crippen molar-refractivity contribution in [2.45, 2.75) is 25.1 Å². The minimum absolute atomic E-state index is 0. The number of nitrogens with zero attached hydrogens (tertiary/aromatic N) is 3. The van der Waals surface area contributed by atoms with Crippen LogP contribution in [0, 0.1) is 0 Å². The fourth-order valence-corrected chi connectivity index (χ4v) is 4.94. The zero-order valence-electron chi connectivity index (χ0n) is 19.6. The van der Waals surface area contributed by atoms with Gasteiger partial charge in [-0.2, -0.15) is 5.10 Å². The largest absolute Gasteiger partial charge is 0.586 e. The molecule has 5 aromatic rings. The lowest BCUT2D eigenvalue weighted by molar-refractivity contribution is -0.286. The molecule has 0 saturated heterocycles. The predicted octanol–water partition coefficient (Wildman–Crippen LogP) is 5.72. The second-order valence-corrected chi connectivity index (χ2v) is 9.34. The van der Waals surface area contributed by atoms with Gasteiger partial charge in [0.05, 0.1) is 16.6 Å². The highest BCUT2D eigenvalue weighted by Crippen LogP contribution is 2.44. The highest BCUT2D eigenvalue weighted by atomic mass is 35.5. The van der Waals surface area contributed by atoms with Crippen LogP contribution in [0.15, 0.2) is 65.7 Å². The van der Waals surface area contributed by atoms with Crippen molar-refractivity contribution in [1.29, 1.82) is 0 Å². The summed E-state index contributed by atoms with van der Waals surface area (Å²) in [6.45, 7) is 0. The van der Waals surface area contributed by atoms with Gasteiger partial charge in [0.2, 0.25) is 0 Å². The second-order valence-electron chi connectivity index (χ2n) is 9.34. The Morgan fingerprint density at radius 1 is 1.03 bits per heavy atom. The molecule has 0 amide bonds. The highest BCUT2D eigenvalue weighted by Gasteiger charge is 2.43. The van der Waals surface area contributed by atoms with E-state index in [1.165, 1.54) is 12.1 Å². The Kier molecular flexibility index (Phi) is 5.00. The third-order valence-corrected chi connectivity index (χ3v) is 6.93. The first-order valence-corrected chi connectivity index (χ1v) is 11.6. The number of anilines is 1. The minimum Gasteiger partial charge on any atom is -0.395 e. The Morgan fingerprint density at radius 2 is 1.78 bits per heavy atom. The molecule has 1 aliphatic heterocycles. The number of nitrogens with two attached hydrogens (primary N) is 1. The molecule has 0 spiro atoms. The maximum atomic E-state index is 14.0. The normalized spacial score (nSPS) is 15.8. The van der Waals surface area contributed by atoms with Gasteiger partial charge < -0.3 is 19.6 Å². The van der Waals surface area contributed by atoms with Crippen LogP contribution in [0.2, 0.25) is 0 Å². The van der Waals surface area contributed by atoms with Crippen LogP contribution < -0.4 is 20.6 Å². The predicted molar refractivity (Wildman–Crippen MR) is 139 cm³/mol. The van der Waals surface area contributed by atoms with Gasteiger partial charge in [-0.1, -0.05) is 12.1 Å². The van der Waals surface area contributed by atoms with Crippen LogP contribution in [-0.2, 0) is 7.05 Å². The first-order chi connectivity index (χ1) is 17.3. The zero-order valence-corrected chi connectivity index (χ0v) is 20.4. The highest BCUT2D eigenvalue weighted by molar-refractivity contribution is 5.93. The molecule has 188 valence electrons. The molecule has 1 aliphatic carbocycles. The van der Waals surface area contributed by atoms with E-state index in [0.717, 1.165) is 29.3 Å². The maximum Gasteiger partial charge on any atom is 0.586 e. The lowest BCUT2D eigenvalue weighted by Crippen LogP contribution is -2.25. The van der Waals surface area contributed by atoms with Crippen LogP contribution in [0.25, 0.3) is 38.7 Å². The molecule has 4 heterocycles. The van der Waals surface area contributed by atoms with E-state index in [1.807, 2.05) is 34.9 Å². The number of aromatic nitrogens is 3. The van der Waals surface area contributed by atoms with Gasteiger partial charge >= 0.3 is 6.29 Å². The molecule has 1 saturated carbocycles. The van der Waals surface area contributed by atoms with Gasteiger partial charge in [0.1, 0.15) is 5.82 Å². The van der Waals surface area contributed by atoms with E-state index in [-0.39, 0.29) is 29.3 Å². The number of fused-ring (bicyclic) bond motifs is 3. The number of benzene rings is 2. The van der Waals surface area contributed by atoms with Crippen LogP contribution >= 0.6 is 12.4 Å². The molecule has 2 aliphatic rings. The van der Waals surface area contributed by atoms with Gasteiger partial charge in [0, 0.05) is 30.4 Å². The van der Waals surface area contributed by atoms with Crippen LogP contribution in [0.5, 0.6) is 11.5 Å². The van der Waals surface area contributed by atoms with Gasteiger partial charge in [-0.15, -0.1) is 21.2 Å². The van der Waals surface area contributed by atoms with Crippen LogP contribution in [0.4, 0.5) is 14.6 Å². The zero-order chi connectivity index (χ0) is 24.8. The van der Waals surface area contributed by atoms with Gasteiger partial charge in [-0.25, -0.2) is 0 Å². The van der Waals surface area contributed by atoms with E-state index in [2.05, 4.69) is 20.6 Å². The summed E-state index contributed by atoms with van der Waals surface area (Å²) in [5.41, 5.74) is 10.5.